The first-order valence-corrected chi connectivity index (χ1v) is 8.20. The lowest BCUT2D eigenvalue weighted by atomic mass is 10.1. The highest BCUT2D eigenvalue weighted by Gasteiger charge is 2.16. The molecule has 0 aliphatic heterocycles. The Hall–Kier alpha value is -2.20. The zero-order valence-corrected chi connectivity index (χ0v) is 14.7. The average Bonchev–Trinajstić information content (AvgIpc) is 2.55. The Balaban J connectivity index is 1.92. The fourth-order valence-electron chi connectivity index (χ4n) is 2.63. The first kappa shape index (κ1) is 15.7. The van der Waals surface area contributed by atoms with Crippen LogP contribution >= 0.6 is 15.9 Å². The van der Waals surface area contributed by atoms with Gasteiger partial charge in [-0.15, -0.1) is 0 Å². The summed E-state index contributed by atoms with van der Waals surface area (Å²) in [4.78, 5) is 19.1. The first-order valence-electron chi connectivity index (χ1n) is 7.41. The van der Waals surface area contributed by atoms with Crippen molar-refractivity contribution in [2.45, 2.75) is 13.5 Å². The minimum Gasteiger partial charge on any atom is -0.337 e. The highest BCUT2D eigenvalue weighted by atomic mass is 79.9. The second kappa shape index (κ2) is 6.50. The quantitative estimate of drug-likeness (QED) is 0.677. The van der Waals surface area contributed by atoms with Crippen molar-refractivity contribution in [1.82, 2.24) is 9.88 Å². The van der Waals surface area contributed by atoms with Crippen LogP contribution in [0.15, 0.2) is 59.1 Å². The van der Waals surface area contributed by atoms with Gasteiger partial charge in [-0.3, -0.25) is 9.78 Å². The number of hydrogen-bond donors (Lipinski definition) is 0. The van der Waals surface area contributed by atoms with Crippen LogP contribution in [0.2, 0.25) is 0 Å². The number of aromatic nitrogens is 1. The van der Waals surface area contributed by atoms with Crippen molar-refractivity contribution in [2.24, 2.45) is 0 Å². The van der Waals surface area contributed by atoms with Crippen LogP contribution in [0, 0.1) is 6.92 Å². The summed E-state index contributed by atoms with van der Waals surface area (Å²) in [5.74, 6) is 0.00891. The van der Waals surface area contributed by atoms with Crippen LogP contribution < -0.4 is 0 Å². The van der Waals surface area contributed by atoms with Crippen LogP contribution in [0.25, 0.3) is 10.9 Å². The molecule has 3 aromatic rings. The molecule has 0 saturated carbocycles. The van der Waals surface area contributed by atoms with Gasteiger partial charge in [0.05, 0.1) is 11.1 Å². The molecule has 0 atom stereocenters. The second-order valence-corrected chi connectivity index (χ2v) is 6.53. The Morgan fingerprint density at radius 2 is 1.83 bits per heavy atom. The Morgan fingerprint density at radius 1 is 1.13 bits per heavy atom. The maximum absolute atomic E-state index is 12.9. The molecular formula is C19H17BrN2O. The van der Waals surface area contributed by atoms with Gasteiger partial charge < -0.3 is 4.90 Å². The number of halogens is 1. The Labute approximate surface area is 144 Å². The van der Waals surface area contributed by atoms with Gasteiger partial charge in [0.15, 0.2) is 0 Å². The van der Waals surface area contributed by atoms with Gasteiger partial charge >= 0.3 is 0 Å². The van der Waals surface area contributed by atoms with Gasteiger partial charge in [0.1, 0.15) is 0 Å². The zero-order valence-electron chi connectivity index (χ0n) is 13.1. The Bertz CT molecular complexity index is 859. The third kappa shape index (κ3) is 3.42. The van der Waals surface area contributed by atoms with Gasteiger partial charge in [0.25, 0.3) is 5.91 Å². The van der Waals surface area contributed by atoms with E-state index in [-0.39, 0.29) is 5.91 Å². The predicted octanol–water partition coefficient (Wildman–Crippen LogP) is 4.58. The lowest BCUT2D eigenvalue weighted by Gasteiger charge is -2.19. The number of rotatable bonds is 3. The maximum Gasteiger partial charge on any atom is 0.254 e. The highest BCUT2D eigenvalue weighted by Crippen LogP contribution is 2.20. The topological polar surface area (TPSA) is 33.2 Å². The molecule has 0 radical (unpaired) electrons. The van der Waals surface area contributed by atoms with E-state index in [1.807, 2.05) is 68.6 Å². The van der Waals surface area contributed by atoms with Crippen molar-refractivity contribution in [3.8, 4) is 0 Å². The number of para-hydroxylation sites is 1. The van der Waals surface area contributed by atoms with E-state index in [0.717, 1.165) is 26.6 Å². The molecule has 1 heterocycles. The molecule has 0 fully saturated rings. The fourth-order valence-corrected chi connectivity index (χ4v) is 2.89. The van der Waals surface area contributed by atoms with E-state index >= 15 is 0 Å². The van der Waals surface area contributed by atoms with E-state index in [0.29, 0.717) is 12.1 Å². The summed E-state index contributed by atoms with van der Waals surface area (Å²) in [5, 5.41) is 0.894. The molecule has 0 N–H and O–H groups in total. The third-order valence-corrected chi connectivity index (χ3v) is 4.28. The molecule has 4 heteroatoms. The number of pyridine rings is 1. The molecule has 2 aromatic carbocycles. The van der Waals surface area contributed by atoms with E-state index < -0.39 is 0 Å². The lowest BCUT2D eigenvalue weighted by molar-refractivity contribution is 0.0787. The zero-order chi connectivity index (χ0) is 16.4. The van der Waals surface area contributed by atoms with Gasteiger partial charge in [-0.1, -0.05) is 46.3 Å². The number of carbonyl (C=O) groups is 1. The largest absolute Gasteiger partial charge is 0.337 e. The minimum atomic E-state index is 0.00891. The van der Waals surface area contributed by atoms with Crippen molar-refractivity contribution in [3.63, 3.8) is 0 Å². The molecule has 1 amide bonds. The van der Waals surface area contributed by atoms with Crippen LogP contribution in [0.4, 0.5) is 0 Å². The van der Waals surface area contributed by atoms with E-state index in [1.54, 1.807) is 4.90 Å². The van der Waals surface area contributed by atoms with Crippen LogP contribution in [0.3, 0.4) is 0 Å². The smallest absolute Gasteiger partial charge is 0.254 e. The van der Waals surface area contributed by atoms with E-state index in [1.165, 1.54) is 0 Å². The highest BCUT2D eigenvalue weighted by molar-refractivity contribution is 9.10. The molecule has 23 heavy (non-hydrogen) atoms. The number of fused-ring (bicyclic) bond motifs is 1. The standard InChI is InChI=1S/C19H17BrN2O/c1-13-11-17(16-5-3-4-6-18(16)21-13)19(23)22(2)12-14-7-9-15(20)10-8-14/h3-11H,12H2,1-2H3. The normalized spacial score (nSPS) is 10.7. The summed E-state index contributed by atoms with van der Waals surface area (Å²) in [6.45, 7) is 2.49. The van der Waals surface area contributed by atoms with Gasteiger partial charge in [0.2, 0.25) is 0 Å². The van der Waals surface area contributed by atoms with Crippen LogP contribution in [0.5, 0.6) is 0 Å². The van der Waals surface area contributed by atoms with Crippen LogP contribution in [-0.4, -0.2) is 22.8 Å². The van der Waals surface area contributed by atoms with E-state index in [4.69, 9.17) is 0 Å². The van der Waals surface area contributed by atoms with Gasteiger partial charge in [-0.25, -0.2) is 0 Å². The van der Waals surface area contributed by atoms with Crippen LogP contribution in [0.1, 0.15) is 21.6 Å². The SMILES string of the molecule is Cc1cc(C(=O)N(C)Cc2ccc(Br)cc2)c2ccccc2n1. The fraction of sp³-hybridized carbons (Fsp3) is 0.158. The minimum absolute atomic E-state index is 0.00891. The molecular weight excluding hydrogens is 352 g/mol. The van der Waals surface area contributed by atoms with Gasteiger partial charge in [-0.2, -0.15) is 0 Å². The van der Waals surface area contributed by atoms with E-state index in [2.05, 4.69) is 20.9 Å². The first-order chi connectivity index (χ1) is 11.0. The Kier molecular flexibility index (Phi) is 4.44. The molecule has 0 saturated heterocycles. The molecule has 3 nitrogen and oxygen atoms in total. The van der Waals surface area contributed by atoms with Crippen molar-refractivity contribution in [2.75, 3.05) is 7.05 Å². The summed E-state index contributed by atoms with van der Waals surface area (Å²) in [6.07, 6.45) is 0. The molecule has 3 rings (SSSR count). The maximum atomic E-state index is 12.9. The monoisotopic (exact) mass is 368 g/mol. The number of aryl methyl sites for hydroxylation is 1. The summed E-state index contributed by atoms with van der Waals surface area (Å²) in [7, 11) is 1.83. The van der Waals surface area contributed by atoms with Gasteiger partial charge in [0, 0.05) is 29.1 Å². The number of amides is 1. The number of carbonyl (C=O) groups excluding carboxylic acids is 1. The van der Waals surface area contributed by atoms with Crippen LogP contribution in [-0.2, 0) is 6.54 Å². The molecule has 0 bridgehead atoms. The van der Waals surface area contributed by atoms with Crippen molar-refractivity contribution < 1.29 is 4.79 Å². The number of benzene rings is 2. The molecule has 0 aliphatic carbocycles. The molecule has 1 aromatic heterocycles. The summed E-state index contributed by atoms with van der Waals surface area (Å²) in [5.41, 5.74) is 3.50. The second-order valence-electron chi connectivity index (χ2n) is 5.62. The number of nitrogens with zero attached hydrogens (tertiary/aromatic N) is 2. The number of hydrogen-bond acceptors (Lipinski definition) is 2. The van der Waals surface area contributed by atoms with Crippen molar-refractivity contribution in [1.29, 1.82) is 0 Å². The van der Waals surface area contributed by atoms with E-state index in [9.17, 15) is 4.79 Å². The van der Waals surface area contributed by atoms with Crippen molar-refractivity contribution in [3.05, 3.63) is 75.9 Å². The third-order valence-electron chi connectivity index (χ3n) is 3.75. The van der Waals surface area contributed by atoms with Crippen molar-refractivity contribution >= 4 is 32.7 Å². The summed E-state index contributed by atoms with van der Waals surface area (Å²) < 4.78 is 1.03. The molecule has 0 aliphatic rings. The lowest BCUT2D eigenvalue weighted by Crippen LogP contribution is -2.26. The predicted molar refractivity (Wildman–Crippen MR) is 96.4 cm³/mol. The summed E-state index contributed by atoms with van der Waals surface area (Å²) >= 11 is 3.42. The molecule has 116 valence electrons. The van der Waals surface area contributed by atoms with Gasteiger partial charge in [-0.05, 0) is 36.8 Å². The molecule has 0 unspecified atom stereocenters. The Morgan fingerprint density at radius 3 is 2.57 bits per heavy atom. The average molecular weight is 369 g/mol. The summed E-state index contributed by atoms with van der Waals surface area (Å²) in [6, 6.07) is 17.6. The molecule has 0 spiro atoms.